The van der Waals surface area contributed by atoms with Gasteiger partial charge in [-0.3, -0.25) is 4.68 Å². The topological polar surface area (TPSA) is 63.0 Å². The number of aliphatic hydroxyl groups is 1. The van der Waals surface area contributed by atoms with E-state index in [9.17, 15) is 5.11 Å². The van der Waals surface area contributed by atoms with Crippen molar-refractivity contribution in [3.05, 3.63) is 11.6 Å². The van der Waals surface area contributed by atoms with E-state index in [0.717, 1.165) is 24.6 Å². The van der Waals surface area contributed by atoms with Gasteiger partial charge in [-0.25, -0.2) is 4.98 Å². The van der Waals surface area contributed by atoms with E-state index in [-0.39, 0.29) is 12.1 Å². The fourth-order valence-electron chi connectivity index (χ4n) is 1.41. The van der Waals surface area contributed by atoms with Crippen molar-refractivity contribution >= 4 is 0 Å². The van der Waals surface area contributed by atoms with Crippen LogP contribution in [0.25, 0.3) is 0 Å². The maximum absolute atomic E-state index is 9.23. The van der Waals surface area contributed by atoms with Gasteiger partial charge >= 0.3 is 0 Å². The summed E-state index contributed by atoms with van der Waals surface area (Å²) >= 11 is 0. The van der Waals surface area contributed by atoms with Gasteiger partial charge in [0.1, 0.15) is 11.6 Å². The minimum atomic E-state index is -0.244. The summed E-state index contributed by atoms with van der Waals surface area (Å²) in [6, 6.07) is 0. The number of aliphatic hydroxyl groups excluding tert-OH is 1. The van der Waals surface area contributed by atoms with Crippen molar-refractivity contribution in [2.45, 2.75) is 39.3 Å². The van der Waals surface area contributed by atoms with Crippen LogP contribution in [0, 0.1) is 13.8 Å². The Hall–Kier alpha value is -0.940. The Morgan fingerprint density at radius 2 is 2.13 bits per heavy atom. The molecular weight excluding hydrogens is 192 g/mol. The summed E-state index contributed by atoms with van der Waals surface area (Å²) in [7, 11) is 1.86. The van der Waals surface area contributed by atoms with Gasteiger partial charge in [0, 0.05) is 12.1 Å². The van der Waals surface area contributed by atoms with Crippen molar-refractivity contribution in [3.63, 3.8) is 0 Å². The lowest BCUT2D eigenvalue weighted by Gasteiger charge is -2.26. The van der Waals surface area contributed by atoms with Crippen LogP contribution in [0.1, 0.15) is 25.0 Å². The molecule has 0 radical (unpaired) electrons. The molecule has 1 unspecified atom stereocenters. The van der Waals surface area contributed by atoms with Crippen LogP contribution in [-0.4, -0.2) is 39.1 Å². The quantitative estimate of drug-likeness (QED) is 0.734. The van der Waals surface area contributed by atoms with E-state index in [1.54, 1.807) is 0 Å². The van der Waals surface area contributed by atoms with Crippen LogP contribution in [0.4, 0.5) is 0 Å². The van der Waals surface area contributed by atoms with Gasteiger partial charge in [0.15, 0.2) is 0 Å². The summed E-state index contributed by atoms with van der Waals surface area (Å²) in [4.78, 5) is 4.23. The smallest absolute Gasteiger partial charge is 0.147 e. The predicted octanol–water partition coefficient (Wildman–Crippen LogP) is 0.255. The molecule has 0 aliphatic rings. The van der Waals surface area contributed by atoms with Crippen LogP contribution in [0.2, 0.25) is 0 Å². The molecule has 86 valence electrons. The van der Waals surface area contributed by atoms with Crippen molar-refractivity contribution in [1.29, 1.82) is 0 Å². The molecule has 15 heavy (non-hydrogen) atoms. The van der Waals surface area contributed by atoms with E-state index in [1.165, 1.54) is 0 Å². The van der Waals surface area contributed by atoms with E-state index in [2.05, 4.69) is 15.4 Å². The van der Waals surface area contributed by atoms with Crippen LogP contribution in [-0.2, 0) is 6.54 Å². The third-order valence-corrected chi connectivity index (χ3v) is 2.79. The molecule has 1 heterocycles. The molecule has 0 saturated carbocycles. The molecule has 0 bridgehead atoms. The van der Waals surface area contributed by atoms with E-state index >= 15 is 0 Å². The standard InChI is InChI=1S/C10H20N4O/c1-8-12-9(2)14(13-8)6-5-10(3,7-15)11-4/h11,15H,5-7H2,1-4H3. The van der Waals surface area contributed by atoms with Gasteiger partial charge in [-0.2, -0.15) is 5.10 Å². The van der Waals surface area contributed by atoms with Crippen molar-refractivity contribution in [2.24, 2.45) is 0 Å². The van der Waals surface area contributed by atoms with Crippen LogP contribution in [0.3, 0.4) is 0 Å². The minimum absolute atomic E-state index is 0.121. The Balaban J connectivity index is 2.60. The highest BCUT2D eigenvalue weighted by molar-refractivity contribution is 4.89. The fraction of sp³-hybridized carbons (Fsp3) is 0.800. The molecule has 0 fully saturated rings. The highest BCUT2D eigenvalue weighted by Gasteiger charge is 2.20. The van der Waals surface area contributed by atoms with Gasteiger partial charge < -0.3 is 10.4 Å². The monoisotopic (exact) mass is 212 g/mol. The van der Waals surface area contributed by atoms with Gasteiger partial charge in [-0.15, -0.1) is 0 Å². The van der Waals surface area contributed by atoms with Crippen molar-refractivity contribution in [3.8, 4) is 0 Å². The zero-order valence-corrected chi connectivity index (χ0v) is 9.91. The van der Waals surface area contributed by atoms with Gasteiger partial charge in [0.05, 0.1) is 6.61 Å². The summed E-state index contributed by atoms with van der Waals surface area (Å²) in [6.07, 6.45) is 0.823. The SMILES string of the molecule is CNC(C)(CO)CCn1nc(C)nc1C. The van der Waals surface area contributed by atoms with Crippen LogP contribution < -0.4 is 5.32 Å². The molecule has 1 atom stereocenters. The van der Waals surface area contributed by atoms with E-state index < -0.39 is 0 Å². The molecule has 5 nitrogen and oxygen atoms in total. The molecule has 0 aliphatic carbocycles. The summed E-state index contributed by atoms with van der Waals surface area (Å²) in [5.74, 6) is 1.71. The molecule has 2 N–H and O–H groups in total. The lowest BCUT2D eigenvalue weighted by atomic mass is 10.00. The third kappa shape index (κ3) is 3.00. The number of hydrogen-bond donors (Lipinski definition) is 2. The lowest BCUT2D eigenvalue weighted by Crippen LogP contribution is -2.44. The molecular formula is C10H20N4O. The van der Waals surface area contributed by atoms with Crippen molar-refractivity contribution < 1.29 is 5.11 Å². The summed E-state index contributed by atoms with van der Waals surface area (Å²) < 4.78 is 1.88. The fourth-order valence-corrected chi connectivity index (χ4v) is 1.41. The molecule has 1 rings (SSSR count). The van der Waals surface area contributed by atoms with Gasteiger partial charge in [-0.1, -0.05) is 0 Å². The van der Waals surface area contributed by atoms with Gasteiger partial charge in [-0.05, 0) is 34.2 Å². The van der Waals surface area contributed by atoms with Crippen molar-refractivity contribution in [2.75, 3.05) is 13.7 Å². The van der Waals surface area contributed by atoms with Crippen LogP contribution >= 0.6 is 0 Å². The molecule has 0 amide bonds. The zero-order valence-electron chi connectivity index (χ0n) is 9.91. The molecule has 0 spiro atoms. The zero-order chi connectivity index (χ0) is 11.5. The Labute approximate surface area is 90.5 Å². The van der Waals surface area contributed by atoms with Gasteiger partial charge in [0.25, 0.3) is 0 Å². The second-order valence-corrected chi connectivity index (χ2v) is 4.15. The van der Waals surface area contributed by atoms with E-state index in [0.29, 0.717) is 0 Å². The second-order valence-electron chi connectivity index (χ2n) is 4.15. The average Bonchev–Trinajstić information content (AvgIpc) is 2.54. The molecule has 1 aromatic heterocycles. The first-order chi connectivity index (χ1) is 7.00. The number of nitrogens with one attached hydrogen (secondary N) is 1. The normalized spacial score (nSPS) is 15.3. The second kappa shape index (κ2) is 4.72. The molecule has 0 saturated heterocycles. The first-order valence-corrected chi connectivity index (χ1v) is 5.18. The number of rotatable bonds is 5. The maximum Gasteiger partial charge on any atom is 0.147 e. The van der Waals surface area contributed by atoms with Crippen molar-refractivity contribution in [1.82, 2.24) is 20.1 Å². The number of likely N-dealkylation sites (N-methyl/N-ethyl adjacent to an activating group) is 1. The Bertz CT molecular complexity index is 317. The summed E-state index contributed by atoms with van der Waals surface area (Å²) in [5.41, 5.74) is -0.244. The summed E-state index contributed by atoms with van der Waals surface area (Å²) in [6.45, 7) is 6.70. The highest BCUT2D eigenvalue weighted by atomic mass is 16.3. The first-order valence-electron chi connectivity index (χ1n) is 5.18. The van der Waals surface area contributed by atoms with Gasteiger partial charge in [0.2, 0.25) is 0 Å². The largest absolute Gasteiger partial charge is 0.394 e. The number of aryl methyl sites for hydroxylation is 3. The number of hydrogen-bond acceptors (Lipinski definition) is 4. The third-order valence-electron chi connectivity index (χ3n) is 2.79. The molecule has 1 aromatic rings. The Morgan fingerprint density at radius 1 is 1.47 bits per heavy atom. The predicted molar refractivity (Wildman–Crippen MR) is 58.7 cm³/mol. The number of aromatic nitrogens is 3. The van der Waals surface area contributed by atoms with E-state index in [4.69, 9.17) is 0 Å². The molecule has 0 aromatic carbocycles. The summed E-state index contributed by atoms with van der Waals surface area (Å²) in [5, 5.41) is 16.6. The molecule has 0 aliphatic heterocycles. The molecule has 5 heteroatoms. The van der Waals surface area contributed by atoms with E-state index in [1.807, 2.05) is 32.5 Å². The minimum Gasteiger partial charge on any atom is -0.394 e. The Kier molecular flexibility index (Phi) is 3.82. The highest BCUT2D eigenvalue weighted by Crippen LogP contribution is 2.10. The Morgan fingerprint density at radius 3 is 2.53 bits per heavy atom. The number of nitrogens with zero attached hydrogens (tertiary/aromatic N) is 3. The van der Waals surface area contributed by atoms with Crippen LogP contribution in [0.15, 0.2) is 0 Å². The maximum atomic E-state index is 9.23. The average molecular weight is 212 g/mol. The van der Waals surface area contributed by atoms with Crippen LogP contribution in [0.5, 0.6) is 0 Å². The first kappa shape index (κ1) is 12.1. The lowest BCUT2D eigenvalue weighted by molar-refractivity contribution is 0.167.